The number of hydrogen-bond donors (Lipinski definition) is 3. The van der Waals surface area contributed by atoms with E-state index in [4.69, 9.17) is 9.47 Å². The molecule has 8 heteroatoms. The summed E-state index contributed by atoms with van der Waals surface area (Å²) >= 11 is 1.79. The van der Waals surface area contributed by atoms with E-state index in [0.29, 0.717) is 19.8 Å². The number of ether oxygens (including phenoxy) is 2. The molecule has 2 fully saturated rings. The summed E-state index contributed by atoms with van der Waals surface area (Å²) in [5.74, 6) is 2.53. The van der Waals surface area contributed by atoms with Crippen molar-refractivity contribution in [3.05, 3.63) is 0 Å². The van der Waals surface area contributed by atoms with Crippen molar-refractivity contribution in [2.45, 2.75) is 44.4 Å². The van der Waals surface area contributed by atoms with E-state index in [0.717, 1.165) is 43.5 Å². The van der Waals surface area contributed by atoms with Crippen LogP contribution < -0.4 is 10.6 Å². The molecule has 136 valence electrons. The molecule has 0 aliphatic carbocycles. The predicted octanol–water partition coefficient (Wildman–Crippen LogP) is 1.22. The summed E-state index contributed by atoms with van der Waals surface area (Å²) in [6, 6.07) is 0.158. The monoisotopic (exact) mass is 459 g/mol. The van der Waals surface area contributed by atoms with Gasteiger partial charge in [0.05, 0.1) is 31.5 Å². The molecule has 3 N–H and O–H groups in total. The summed E-state index contributed by atoms with van der Waals surface area (Å²) in [6.07, 6.45) is 2.02. The molecule has 0 saturated carbocycles. The van der Waals surface area contributed by atoms with Gasteiger partial charge in [-0.05, 0) is 32.4 Å². The SMILES string of the molecule is CCNC(=NCC1(O)CCSC1)NC(C)COC1CCOC1.I. The second-order valence-corrected chi connectivity index (χ2v) is 7.19. The Hall–Kier alpha value is 0.230. The Labute approximate surface area is 160 Å². The minimum absolute atomic E-state index is 0. The molecular weight excluding hydrogens is 429 g/mol. The Kier molecular flexibility index (Phi) is 10.1. The highest BCUT2D eigenvalue weighted by atomic mass is 127. The second-order valence-electron chi connectivity index (χ2n) is 6.09. The molecular formula is C15H30IN3O3S. The number of thioether (sulfide) groups is 1. The highest BCUT2D eigenvalue weighted by Gasteiger charge is 2.31. The maximum atomic E-state index is 10.4. The second kappa shape index (κ2) is 11.0. The summed E-state index contributed by atoms with van der Waals surface area (Å²) in [4.78, 5) is 4.54. The smallest absolute Gasteiger partial charge is 0.191 e. The lowest BCUT2D eigenvalue weighted by molar-refractivity contribution is 0.0347. The Morgan fingerprint density at radius 2 is 2.39 bits per heavy atom. The van der Waals surface area contributed by atoms with Crippen molar-refractivity contribution >= 4 is 41.7 Å². The van der Waals surface area contributed by atoms with E-state index in [9.17, 15) is 5.11 Å². The van der Waals surface area contributed by atoms with Crippen molar-refractivity contribution in [2.24, 2.45) is 4.99 Å². The van der Waals surface area contributed by atoms with E-state index in [2.05, 4.69) is 22.5 Å². The van der Waals surface area contributed by atoms with Crippen LogP contribution in [0.4, 0.5) is 0 Å². The first-order valence-electron chi connectivity index (χ1n) is 8.15. The topological polar surface area (TPSA) is 75.1 Å². The van der Waals surface area contributed by atoms with Crippen molar-refractivity contribution in [1.82, 2.24) is 10.6 Å². The van der Waals surface area contributed by atoms with Crippen LogP contribution in [0.15, 0.2) is 4.99 Å². The van der Waals surface area contributed by atoms with E-state index < -0.39 is 5.60 Å². The molecule has 6 nitrogen and oxygen atoms in total. The number of aliphatic hydroxyl groups is 1. The largest absolute Gasteiger partial charge is 0.387 e. The van der Waals surface area contributed by atoms with Crippen LogP contribution in [-0.2, 0) is 9.47 Å². The molecule has 2 saturated heterocycles. The number of halogens is 1. The lowest BCUT2D eigenvalue weighted by Gasteiger charge is -2.22. The van der Waals surface area contributed by atoms with Crippen LogP contribution in [-0.4, -0.2) is 73.2 Å². The maximum Gasteiger partial charge on any atom is 0.191 e. The van der Waals surface area contributed by atoms with Crippen molar-refractivity contribution in [3.63, 3.8) is 0 Å². The summed E-state index contributed by atoms with van der Waals surface area (Å²) < 4.78 is 11.1. The molecule has 0 radical (unpaired) electrons. The Morgan fingerprint density at radius 3 is 3.00 bits per heavy atom. The zero-order valence-electron chi connectivity index (χ0n) is 14.0. The van der Waals surface area contributed by atoms with E-state index in [1.165, 1.54) is 0 Å². The molecule has 0 aromatic heterocycles. The number of aliphatic imine (C=N–C) groups is 1. The molecule has 0 aromatic carbocycles. The van der Waals surface area contributed by atoms with Gasteiger partial charge in [-0.25, -0.2) is 0 Å². The van der Waals surface area contributed by atoms with Gasteiger partial charge in [-0.3, -0.25) is 4.99 Å². The van der Waals surface area contributed by atoms with Crippen LogP contribution in [0.1, 0.15) is 26.7 Å². The van der Waals surface area contributed by atoms with Crippen LogP contribution >= 0.6 is 35.7 Å². The van der Waals surface area contributed by atoms with Crippen molar-refractivity contribution in [3.8, 4) is 0 Å². The highest BCUT2D eigenvalue weighted by Crippen LogP contribution is 2.27. The molecule has 0 aromatic rings. The van der Waals surface area contributed by atoms with Gasteiger partial charge < -0.3 is 25.2 Å². The van der Waals surface area contributed by atoms with Crippen LogP contribution in [0.5, 0.6) is 0 Å². The number of nitrogens with zero attached hydrogens (tertiary/aromatic N) is 1. The van der Waals surface area contributed by atoms with Gasteiger partial charge in [-0.2, -0.15) is 11.8 Å². The lowest BCUT2D eigenvalue weighted by atomic mass is 10.1. The Balaban J connectivity index is 0.00000264. The third-order valence-corrected chi connectivity index (χ3v) is 5.05. The zero-order chi connectivity index (χ0) is 15.8. The quantitative estimate of drug-likeness (QED) is 0.302. The molecule has 3 unspecified atom stereocenters. The molecule has 3 atom stereocenters. The van der Waals surface area contributed by atoms with E-state index in [1.54, 1.807) is 11.8 Å². The van der Waals surface area contributed by atoms with Crippen molar-refractivity contribution < 1.29 is 14.6 Å². The van der Waals surface area contributed by atoms with Crippen LogP contribution in [0.3, 0.4) is 0 Å². The fourth-order valence-electron chi connectivity index (χ4n) is 2.47. The number of rotatable bonds is 7. The third kappa shape index (κ3) is 7.76. The molecule has 2 rings (SSSR count). The lowest BCUT2D eigenvalue weighted by Crippen LogP contribution is -2.45. The summed E-state index contributed by atoms with van der Waals surface area (Å²) in [5.41, 5.74) is -0.645. The highest BCUT2D eigenvalue weighted by molar-refractivity contribution is 14.0. The molecule has 2 heterocycles. The van der Waals surface area contributed by atoms with Crippen LogP contribution in [0.25, 0.3) is 0 Å². The summed E-state index contributed by atoms with van der Waals surface area (Å²) in [5, 5.41) is 16.9. The molecule has 0 spiro atoms. The Bertz CT molecular complexity index is 362. The first-order chi connectivity index (χ1) is 10.6. The molecule has 2 aliphatic rings. The average Bonchev–Trinajstić information content (AvgIpc) is 3.15. The number of guanidine groups is 1. The van der Waals surface area contributed by atoms with E-state index >= 15 is 0 Å². The normalized spacial score (nSPS) is 29.2. The zero-order valence-corrected chi connectivity index (χ0v) is 17.2. The van der Waals surface area contributed by atoms with Gasteiger partial charge in [0.1, 0.15) is 0 Å². The standard InChI is InChI=1S/C15H29N3O3S.HI/c1-3-16-14(17-10-15(19)5-7-22-11-15)18-12(2)8-21-13-4-6-20-9-13;/h12-13,19H,3-11H2,1-2H3,(H2,16,17,18);1H. The van der Waals surface area contributed by atoms with Gasteiger partial charge in [0, 0.05) is 24.9 Å². The fraction of sp³-hybridized carbons (Fsp3) is 0.933. The maximum absolute atomic E-state index is 10.4. The van der Waals surface area contributed by atoms with E-state index in [1.807, 2.05) is 6.92 Å². The molecule has 0 bridgehead atoms. The number of nitrogens with one attached hydrogen (secondary N) is 2. The first kappa shape index (κ1) is 21.3. The van der Waals surface area contributed by atoms with Crippen molar-refractivity contribution in [1.29, 1.82) is 0 Å². The molecule has 0 amide bonds. The summed E-state index contributed by atoms with van der Waals surface area (Å²) in [6.45, 7) is 7.47. The average molecular weight is 459 g/mol. The molecule has 23 heavy (non-hydrogen) atoms. The van der Waals surface area contributed by atoms with E-state index in [-0.39, 0.29) is 36.1 Å². The van der Waals surface area contributed by atoms with Gasteiger partial charge in [-0.15, -0.1) is 24.0 Å². The Morgan fingerprint density at radius 1 is 1.57 bits per heavy atom. The van der Waals surface area contributed by atoms with Gasteiger partial charge in [0.2, 0.25) is 0 Å². The van der Waals surface area contributed by atoms with Crippen LogP contribution in [0.2, 0.25) is 0 Å². The van der Waals surface area contributed by atoms with Gasteiger partial charge in [0.15, 0.2) is 5.96 Å². The minimum Gasteiger partial charge on any atom is -0.387 e. The van der Waals surface area contributed by atoms with Crippen LogP contribution in [0, 0.1) is 0 Å². The van der Waals surface area contributed by atoms with Gasteiger partial charge in [0.25, 0.3) is 0 Å². The molecule has 2 aliphatic heterocycles. The predicted molar refractivity (Wildman–Crippen MR) is 106 cm³/mol. The van der Waals surface area contributed by atoms with Gasteiger partial charge in [-0.1, -0.05) is 0 Å². The third-order valence-electron chi connectivity index (χ3n) is 3.81. The number of hydrogen-bond acceptors (Lipinski definition) is 5. The van der Waals surface area contributed by atoms with Gasteiger partial charge >= 0.3 is 0 Å². The minimum atomic E-state index is -0.645. The summed E-state index contributed by atoms with van der Waals surface area (Å²) in [7, 11) is 0. The van der Waals surface area contributed by atoms with Crippen molar-refractivity contribution in [2.75, 3.05) is 44.4 Å². The fourth-order valence-corrected chi connectivity index (χ4v) is 3.75. The first-order valence-corrected chi connectivity index (χ1v) is 9.31.